The summed E-state index contributed by atoms with van der Waals surface area (Å²) >= 11 is 1.49. The Labute approximate surface area is 264 Å². The van der Waals surface area contributed by atoms with Crippen molar-refractivity contribution >= 4 is 45.1 Å². The van der Waals surface area contributed by atoms with E-state index in [4.69, 9.17) is 4.74 Å². The van der Waals surface area contributed by atoms with Crippen LogP contribution >= 0.6 is 11.8 Å². The first-order chi connectivity index (χ1) is 21.3. The minimum absolute atomic E-state index is 0.121. The molecule has 10 nitrogen and oxygen atoms in total. The van der Waals surface area contributed by atoms with Crippen LogP contribution in [0, 0.1) is 5.92 Å². The SMILES string of the molecule is CO[C@@H]1CC[C@H](CS(=O)(=O)c2ccc(SC)cc2)[C@@H](NC(=O)CNC(=O)c2cc(C(F)(F)F)ccc2NC(=O)N2CCCC2)C1. The Morgan fingerprint density at radius 2 is 1.73 bits per heavy atom. The smallest absolute Gasteiger partial charge is 0.381 e. The van der Waals surface area contributed by atoms with E-state index in [0.717, 1.165) is 29.9 Å². The Morgan fingerprint density at radius 1 is 1.04 bits per heavy atom. The lowest BCUT2D eigenvalue weighted by atomic mass is 9.84. The molecule has 4 amide bonds. The van der Waals surface area contributed by atoms with E-state index in [1.807, 2.05) is 6.26 Å². The van der Waals surface area contributed by atoms with E-state index in [2.05, 4.69) is 16.0 Å². The van der Waals surface area contributed by atoms with Crippen molar-refractivity contribution in [2.45, 2.75) is 60.2 Å². The number of urea groups is 1. The fraction of sp³-hybridized carbons (Fsp3) is 0.500. The van der Waals surface area contributed by atoms with Crippen molar-refractivity contribution in [1.82, 2.24) is 15.5 Å². The highest BCUT2D eigenvalue weighted by atomic mass is 32.2. The van der Waals surface area contributed by atoms with E-state index in [0.29, 0.717) is 38.4 Å². The monoisotopic (exact) mass is 670 g/mol. The summed E-state index contributed by atoms with van der Waals surface area (Å²) < 4.78 is 72.3. The molecule has 4 rings (SSSR count). The van der Waals surface area contributed by atoms with Crippen molar-refractivity contribution in [3.05, 3.63) is 53.6 Å². The number of carbonyl (C=O) groups excluding carboxylic acids is 3. The zero-order valence-corrected chi connectivity index (χ0v) is 26.6. The maximum Gasteiger partial charge on any atom is 0.416 e. The van der Waals surface area contributed by atoms with Crippen LogP contribution in [0.3, 0.4) is 0 Å². The molecule has 246 valence electrons. The molecule has 1 heterocycles. The molecule has 45 heavy (non-hydrogen) atoms. The molecule has 2 aromatic rings. The van der Waals surface area contributed by atoms with E-state index >= 15 is 0 Å². The van der Waals surface area contributed by atoms with Gasteiger partial charge in [0, 0.05) is 31.1 Å². The van der Waals surface area contributed by atoms with Crippen LogP contribution in [0.5, 0.6) is 0 Å². The summed E-state index contributed by atoms with van der Waals surface area (Å²) in [5.74, 6) is -2.27. The Balaban J connectivity index is 1.44. The number of sulfone groups is 1. The van der Waals surface area contributed by atoms with E-state index in [1.54, 1.807) is 24.3 Å². The number of halogens is 3. The third kappa shape index (κ3) is 9.13. The molecule has 0 bridgehead atoms. The maximum atomic E-state index is 13.5. The molecule has 0 unspecified atom stereocenters. The van der Waals surface area contributed by atoms with Gasteiger partial charge in [-0.1, -0.05) is 0 Å². The zero-order valence-electron chi connectivity index (χ0n) is 25.0. The van der Waals surface area contributed by atoms with Crippen LogP contribution in [-0.4, -0.2) is 82.1 Å². The number of methoxy groups -OCH3 is 1. The van der Waals surface area contributed by atoms with Gasteiger partial charge in [0.15, 0.2) is 9.84 Å². The predicted molar refractivity (Wildman–Crippen MR) is 164 cm³/mol. The Bertz CT molecular complexity index is 1480. The molecule has 3 N–H and O–H groups in total. The number of alkyl halides is 3. The van der Waals surface area contributed by atoms with Gasteiger partial charge in [-0.2, -0.15) is 13.2 Å². The molecule has 1 saturated carbocycles. The van der Waals surface area contributed by atoms with E-state index < -0.39 is 63.5 Å². The quantitative estimate of drug-likeness (QED) is 0.316. The first-order valence-corrected chi connectivity index (χ1v) is 17.4. The van der Waals surface area contributed by atoms with Crippen molar-refractivity contribution < 1.29 is 40.7 Å². The first-order valence-electron chi connectivity index (χ1n) is 14.5. The van der Waals surface area contributed by atoms with Gasteiger partial charge in [0.05, 0.1) is 40.1 Å². The van der Waals surface area contributed by atoms with Gasteiger partial charge in [0.2, 0.25) is 5.91 Å². The Kier molecular flexibility index (Phi) is 11.4. The van der Waals surface area contributed by atoms with E-state index in [9.17, 15) is 36.0 Å². The lowest BCUT2D eigenvalue weighted by Crippen LogP contribution is -2.50. The number of likely N-dealkylation sites (tertiary alicyclic amines) is 1. The largest absolute Gasteiger partial charge is 0.416 e. The van der Waals surface area contributed by atoms with Gasteiger partial charge in [0.25, 0.3) is 5.91 Å². The Hall–Kier alpha value is -3.30. The number of benzene rings is 2. The summed E-state index contributed by atoms with van der Waals surface area (Å²) in [5, 5.41) is 7.64. The van der Waals surface area contributed by atoms with Gasteiger partial charge >= 0.3 is 12.2 Å². The van der Waals surface area contributed by atoms with Crippen molar-refractivity contribution in [2.24, 2.45) is 5.92 Å². The van der Waals surface area contributed by atoms with Crippen LogP contribution in [0.15, 0.2) is 52.3 Å². The van der Waals surface area contributed by atoms with Crippen LogP contribution in [-0.2, 0) is 25.5 Å². The fourth-order valence-corrected chi connectivity index (χ4v) is 7.71. The highest BCUT2D eigenvalue weighted by molar-refractivity contribution is 7.98. The molecular formula is C30H37F3N4O6S2. The van der Waals surface area contributed by atoms with Gasteiger partial charge in [-0.15, -0.1) is 11.8 Å². The summed E-state index contributed by atoms with van der Waals surface area (Å²) in [6.07, 6.45) is -0.0392. The highest BCUT2D eigenvalue weighted by Gasteiger charge is 2.36. The standard InChI is InChI=1S/C30H37F3N4O6S2/c1-43-21-7-5-19(18-45(41,42)23-10-8-22(44-2)9-11-23)26(16-21)35-27(38)17-34-28(39)24-15-20(30(31,32)33)6-12-25(24)36-29(40)37-13-3-4-14-37/h6,8-12,15,19,21,26H,3-5,7,13-14,16-18H2,1-2H3,(H,34,39)(H,35,38)(H,36,40)/t19-,21-,26+/m1/s1. The minimum Gasteiger partial charge on any atom is -0.381 e. The Morgan fingerprint density at radius 3 is 2.36 bits per heavy atom. The molecule has 15 heteroatoms. The fourth-order valence-electron chi connectivity index (χ4n) is 5.59. The molecule has 2 fully saturated rings. The van der Waals surface area contributed by atoms with E-state index in [-0.39, 0.29) is 22.4 Å². The molecule has 0 spiro atoms. The molecule has 1 saturated heterocycles. The summed E-state index contributed by atoms with van der Waals surface area (Å²) in [4.78, 5) is 41.3. The van der Waals surface area contributed by atoms with Crippen molar-refractivity contribution in [1.29, 1.82) is 0 Å². The molecule has 0 aromatic heterocycles. The average molecular weight is 671 g/mol. The van der Waals surface area contributed by atoms with Gasteiger partial charge in [-0.05, 0) is 86.7 Å². The topological polar surface area (TPSA) is 134 Å². The van der Waals surface area contributed by atoms with Crippen molar-refractivity contribution in [3.63, 3.8) is 0 Å². The number of rotatable bonds is 10. The van der Waals surface area contributed by atoms with E-state index in [1.165, 1.54) is 23.8 Å². The summed E-state index contributed by atoms with van der Waals surface area (Å²) in [6.45, 7) is 0.399. The third-order valence-corrected chi connectivity index (χ3v) is 10.7. The van der Waals surface area contributed by atoms with Gasteiger partial charge in [-0.3, -0.25) is 9.59 Å². The van der Waals surface area contributed by atoms with Crippen molar-refractivity contribution in [3.8, 4) is 0 Å². The van der Waals surface area contributed by atoms with Crippen LogP contribution in [0.4, 0.5) is 23.7 Å². The van der Waals surface area contributed by atoms with Crippen LogP contribution < -0.4 is 16.0 Å². The van der Waals surface area contributed by atoms with Gasteiger partial charge in [0.1, 0.15) is 0 Å². The molecule has 1 aliphatic carbocycles. The average Bonchev–Trinajstić information content (AvgIpc) is 3.56. The molecule has 2 aromatic carbocycles. The molecule has 1 aliphatic heterocycles. The summed E-state index contributed by atoms with van der Waals surface area (Å²) in [5.41, 5.74) is -1.65. The summed E-state index contributed by atoms with van der Waals surface area (Å²) in [6, 6.07) is 7.86. The second-order valence-electron chi connectivity index (χ2n) is 11.1. The minimum atomic E-state index is -4.74. The number of carbonyl (C=O) groups is 3. The summed E-state index contributed by atoms with van der Waals surface area (Å²) in [7, 11) is -2.15. The third-order valence-electron chi connectivity index (χ3n) is 8.11. The molecule has 0 radical (unpaired) electrons. The normalized spacial score (nSPS) is 20.5. The van der Waals surface area contributed by atoms with Gasteiger partial charge in [-0.25, -0.2) is 13.2 Å². The molecule has 3 atom stereocenters. The lowest BCUT2D eigenvalue weighted by Gasteiger charge is -2.36. The number of nitrogens with one attached hydrogen (secondary N) is 3. The van der Waals surface area contributed by atoms with Crippen molar-refractivity contribution in [2.75, 3.05) is 44.1 Å². The first kappa shape index (κ1) is 34.6. The number of nitrogens with zero attached hydrogens (tertiary/aromatic N) is 1. The number of amides is 4. The predicted octanol–water partition coefficient (Wildman–Crippen LogP) is 4.56. The van der Waals surface area contributed by atoms with Crippen LogP contribution in [0.25, 0.3) is 0 Å². The van der Waals surface area contributed by atoms with Gasteiger partial charge < -0.3 is 25.6 Å². The number of anilines is 1. The highest BCUT2D eigenvalue weighted by Crippen LogP contribution is 2.33. The molecular weight excluding hydrogens is 633 g/mol. The number of hydrogen-bond donors (Lipinski definition) is 3. The maximum absolute atomic E-state index is 13.5. The second-order valence-corrected chi connectivity index (χ2v) is 14.0. The number of hydrogen-bond acceptors (Lipinski definition) is 7. The zero-order chi connectivity index (χ0) is 32.8. The second kappa shape index (κ2) is 14.9. The van der Waals surface area contributed by atoms with Crippen LogP contribution in [0.1, 0.15) is 48.0 Å². The molecule has 2 aliphatic rings. The number of thioether (sulfide) groups is 1. The number of ether oxygens (including phenoxy) is 1. The van der Waals surface area contributed by atoms with Crippen LogP contribution in [0.2, 0.25) is 0 Å². The lowest BCUT2D eigenvalue weighted by molar-refractivity contribution is -0.137.